The smallest absolute Gasteiger partial charge is 0.338 e. The second-order valence-corrected chi connectivity index (χ2v) is 9.28. The number of amides is 2. The van der Waals surface area contributed by atoms with Gasteiger partial charge in [-0.25, -0.2) is 13.2 Å². The number of carbonyl (C=O) groups is 3. The highest BCUT2D eigenvalue weighted by molar-refractivity contribution is 7.89. The maximum atomic E-state index is 12.7. The molecule has 2 N–H and O–H groups in total. The number of nitrogens with zero attached hydrogens (tertiary/aromatic N) is 1. The molecule has 1 saturated heterocycles. The molecule has 0 aromatic heterocycles. The topological polar surface area (TPSA) is 131 Å². The van der Waals surface area contributed by atoms with Crippen LogP contribution in [0, 0.1) is 0 Å². The highest BCUT2D eigenvalue weighted by atomic mass is 32.2. The van der Waals surface area contributed by atoms with Crippen molar-refractivity contribution in [1.82, 2.24) is 4.31 Å². The van der Waals surface area contributed by atoms with Crippen molar-refractivity contribution < 1.29 is 32.3 Å². The Labute approximate surface area is 191 Å². The van der Waals surface area contributed by atoms with Gasteiger partial charge in [-0.15, -0.1) is 0 Å². The maximum absolute atomic E-state index is 12.7. The summed E-state index contributed by atoms with van der Waals surface area (Å²) in [6.07, 6.45) is -1.11. The average molecular weight is 476 g/mol. The van der Waals surface area contributed by atoms with Crippen molar-refractivity contribution in [2.45, 2.75) is 24.8 Å². The Bertz CT molecular complexity index is 1130. The van der Waals surface area contributed by atoms with Crippen LogP contribution in [-0.2, 0) is 29.1 Å². The first kappa shape index (κ1) is 24.4. The van der Waals surface area contributed by atoms with Gasteiger partial charge in [-0.3, -0.25) is 9.59 Å². The summed E-state index contributed by atoms with van der Waals surface area (Å²) in [4.78, 5) is 36.1. The van der Waals surface area contributed by atoms with Crippen molar-refractivity contribution in [1.29, 1.82) is 0 Å². The van der Waals surface area contributed by atoms with E-state index < -0.39 is 28.0 Å². The van der Waals surface area contributed by atoms with Gasteiger partial charge in [-0.1, -0.05) is 6.07 Å². The van der Waals surface area contributed by atoms with E-state index in [1.165, 1.54) is 54.6 Å². The Morgan fingerprint density at radius 2 is 1.67 bits per heavy atom. The third-order valence-electron chi connectivity index (χ3n) is 4.80. The molecule has 0 spiro atoms. The molecule has 2 amide bonds. The van der Waals surface area contributed by atoms with Crippen molar-refractivity contribution in [3.8, 4) is 0 Å². The van der Waals surface area contributed by atoms with Crippen molar-refractivity contribution in [2.24, 2.45) is 0 Å². The van der Waals surface area contributed by atoms with Gasteiger partial charge in [0.15, 0.2) is 6.10 Å². The van der Waals surface area contributed by atoms with Crippen LogP contribution in [0.25, 0.3) is 0 Å². The number of anilines is 2. The first-order chi connectivity index (χ1) is 15.7. The first-order valence-corrected chi connectivity index (χ1v) is 11.7. The Morgan fingerprint density at radius 1 is 1.00 bits per heavy atom. The summed E-state index contributed by atoms with van der Waals surface area (Å²) in [6.45, 7) is 4.04. The van der Waals surface area contributed by atoms with Crippen molar-refractivity contribution >= 4 is 39.2 Å². The van der Waals surface area contributed by atoms with Crippen LogP contribution in [0.1, 0.15) is 24.2 Å². The summed E-state index contributed by atoms with van der Waals surface area (Å²) >= 11 is 0. The third-order valence-corrected chi connectivity index (χ3v) is 6.71. The number of benzene rings is 2. The zero-order chi connectivity index (χ0) is 24.0. The van der Waals surface area contributed by atoms with Gasteiger partial charge >= 0.3 is 5.97 Å². The summed E-state index contributed by atoms with van der Waals surface area (Å²) in [5, 5.41) is 5.16. The fraction of sp³-hybridized carbons (Fsp3) is 0.318. The predicted octanol–water partition coefficient (Wildman–Crippen LogP) is 1.85. The molecule has 11 heteroatoms. The molecule has 33 heavy (non-hydrogen) atoms. The molecule has 10 nitrogen and oxygen atoms in total. The average Bonchev–Trinajstić information content (AvgIpc) is 2.79. The van der Waals surface area contributed by atoms with Crippen molar-refractivity contribution in [3.63, 3.8) is 0 Å². The number of sulfonamides is 1. The predicted molar refractivity (Wildman–Crippen MR) is 120 cm³/mol. The molecule has 1 aliphatic heterocycles. The molecule has 3 rings (SSSR count). The molecule has 0 unspecified atom stereocenters. The molecule has 1 atom stereocenters. The van der Waals surface area contributed by atoms with Gasteiger partial charge in [-0.2, -0.15) is 4.31 Å². The van der Waals surface area contributed by atoms with Gasteiger partial charge < -0.3 is 20.1 Å². The van der Waals surface area contributed by atoms with E-state index >= 15 is 0 Å². The molecule has 1 aliphatic rings. The summed E-state index contributed by atoms with van der Waals surface area (Å²) in [5.74, 6) is -1.58. The van der Waals surface area contributed by atoms with Gasteiger partial charge in [0.05, 0.1) is 23.7 Å². The van der Waals surface area contributed by atoms with Gasteiger partial charge in [0, 0.05) is 31.4 Å². The summed E-state index contributed by atoms with van der Waals surface area (Å²) in [6, 6.07) is 11.9. The SMILES string of the molecule is CC(=O)Nc1cccc(C(=O)O[C@H](C)C(=O)Nc2ccc(S(=O)(=O)N3CCOCC3)cc2)c1. The molecule has 2 aromatic carbocycles. The highest BCUT2D eigenvalue weighted by Crippen LogP contribution is 2.20. The summed E-state index contributed by atoms with van der Waals surface area (Å²) in [7, 11) is -3.64. The maximum Gasteiger partial charge on any atom is 0.338 e. The highest BCUT2D eigenvalue weighted by Gasteiger charge is 2.26. The van der Waals surface area contributed by atoms with E-state index in [9.17, 15) is 22.8 Å². The minimum absolute atomic E-state index is 0.112. The van der Waals surface area contributed by atoms with Crippen LogP contribution in [0.15, 0.2) is 53.4 Å². The second-order valence-electron chi connectivity index (χ2n) is 7.34. The lowest BCUT2D eigenvalue weighted by Gasteiger charge is -2.26. The van der Waals surface area contributed by atoms with Crippen LogP contribution in [0.2, 0.25) is 0 Å². The third kappa shape index (κ3) is 6.37. The number of carbonyl (C=O) groups excluding carboxylic acids is 3. The van der Waals surface area contributed by atoms with Crippen LogP contribution >= 0.6 is 0 Å². The Hall–Kier alpha value is -3.28. The second kappa shape index (κ2) is 10.6. The van der Waals surface area contributed by atoms with Crippen LogP contribution < -0.4 is 10.6 Å². The molecule has 1 fully saturated rings. The Morgan fingerprint density at radius 3 is 2.30 bits per heavy atom. The molecule has 0 saturated carbocycles. The van der Waals surface area contributed by atoms with E-state index in [1.807, 2.05) is 0 Å². The number of ether oxygens (including phenoxy) is 2. The molecule has 176 valence electrons. The number of hydrogen-bond acceptors (Lipinski definition) is 7. The van der Waals surface area contributed by atoms with Gasteiger partial charge in [0.2, 0.25) is 15.9 Å². The van der Waals surface area contributed by atoms with E-state index in [0.717, 1.165) is 0 Å². The molecular weight excluding hydrogens is 450 g/mol. The van der Waals surface area contributed by atoms with E-state index in [-0.39, 0.29) is 29.5 Å². The number of nitrogens with one attached hydrogen (secondary N) is 2. The van der Waals surface area contributed by atoms with Gasteiger partial charge in [0.1, 0.15) is 0 Å². The quantitative estimate of drug-likeness (QED) is 0.584. The van der Waals surface area contributed by atoms with E-state index in [1.54, 1.807) is 12.1 Å². The lowest BCUT2D eigenvalue weighted by Crippen LogP contribution is -2.40. The zero-order valence-corrected chi connectivity index (χ0v) is 19.1. The normalized spacial score (nSPS) is 15.3. The number of esters is 1. The van der Waals surface area contributed by atoms with E-state index in [4.69, 9.17) is 9.47 Å². The largest absolute Gasteiger partial charge is 0.449 e. The van der Waals surface area contributed by atoms with Crippen molar-refractivity contribution in [3.05, 3.63) is 54.1 Å². The molecule has 0 radical (unpaired) electrons. The monoisotopic (exact) mass is 475 g/mol. The Kier molecular flexibility index (Phi) is 7.79. The number of rotatable bonds is 7. The van der Waals surface area contributed by atoms with E-state index in [2.05, 4.69) is 10.6 Å². The molecule has 1 heterocycles. The molecular formula is C22H25N3O7S. The van der Waals surface area contributed by atoms with Crippen LogP contribution in [0.3, 0.4) is 0 Å². The van der Waals surface area contributed by atoms with Gasteiger partial charge in [0.25, 0.3) is 5.91 Å². The molecule has 2 aromatic rings. The fourth-order valence-corrected chi connectivity index (χ4v) is 4.51. The fourth-order valence-electron chi connectivity index (χ4n) is 3.10. The van der Waals surface area contributed by atoms with Crippen molar-refractivity contribution in [2.75, 3.05) is 36.9 Å². The lowest BCUT2D eigenvalue weighted by molar-refractivity contribution is -0.123. The Balaban J connectivity index is 1.59. The van der Waals surface area contributed by atoms with Crippen LogP contribution in [-0.4, -0.2) is 62.9 Å². The number of hydrogen-bond donors (Lipinski definition) is 2. The van der Waals surface area contributed by atoms with Gasteiger partial charge in [-0.05, 0) is 49.4 Å². The lowest BCUT2D eigenvalue weighted by atomic mass is 10.2. The van der Waals surface area contributed by atoms with Crippen LogP contribution in [0.5, 0.6) is 0 Å². The summed E-state index contributed by atoms with van der Waals surface area (Å²) in [5.41, 5.74) is 0.969. The first-order valence-electron chi connectivity index (χ1n) is 10.2. The number of morpholine rings is 1. The van der Waals surface area contributed by atoms with E-state index in [0.29, 0.717) is 24.6 Å². The standard InChI is InChI=1S/C22H25N3O7S/c1-15(32-22(28)17-4-3-5-19(14-17)23-16(2)26)21(27)24-18-6-8-20(9-7-18)33(29,30)25-10-12-31-13-11-25/h3-9,14-15H,10-13H2,1-2H3,(H,23,26)(H,24,27)/t15-/m1/s1. The molecule has 0 bridgehead atoms. The molecule has 0 aliphatic carbocycles. The minimum atomic E-state index is -3.64. The summed E-state index contributed by atoms with van der Waals surface area (Å²) < 4.78 is 37.1. The minimum Gasteiger partial charge on any atom is -0.449 e. The van der Waals surface area contributed by atoms with Crippen LogP contribution in [0.4, 0.5) is 11.4 Å². The zero-order valence-electron chi connectivity index (χ0n) is 18.2.